The summed E-state index contributed by atoms with van der Waals surface area (Å²) < 4.78 is 49.8. The first-order valence-electron chi connectivity index (χ1n) is 7.13. The number of rotatable bonds is 6. The highest BCUT2D eigenvalue weighted by atomic mass is 32.2. The Hall–Kier alpha value is -2.48. The van der Waals surface area contributed by atoms with Gasteiger partial charge in [-0.25, -0.2) is 17.2 Å². The van der Waals surface area contributed by atoms with Gasteiger partial charge in [0.1, 0.15) is 11.6 Å². The van der Waals surface area contributed by atoms with E-state index in [1.807, 2.05) is 0 Å². The van der Waals surface area contributed by atoms with Crippen LogP contribution < -0.4 is 10.6 Å². The van der Waals surface area contributed by atoms with E-state index in [0.29, 0.717) is 5.69 Å². The number of carbonyl (C=O) groups is 1. The molecule has 0 saturated heterocycles. The van der Waals surface area contributed by atoms with Crippen LogP contribution in [0, 0.1) is 11.6 Å². The van der Waals surface area contributed by atoms with Crippen LogP contribution in [0.3, 0.4) is 0 Å². The Bertz CT molecular complexity index is 837. The Morgan fingerprint density at radius 2 is 1.75 bits per heavy atom. The summed E-state index contributed by atoms with van der Waals surface area (Å²) in [5.74, 6) is -1.96. The van der Waals surface area contributed by atoms with Crippen molar-refractivity contribution in [2.24, 2.45) is 0 Å². The predicted molar refractivity (Wildman–Crippen MR) is 87.6 cm³/mol. The molecule has 2 aromatic carbocycles. The molecular formula is C16H16F2N2O3S. The minimum atomic E-state index is -3.28. The van der Waals surface area contributed by atoms with Gasteiger partial charge in [-0.05, 0) is 36.4 Å². The van der Waals surface area contributed by atoms with E-state index in [4.69, 9.17) is 0 Å². The molecule has 0 aromatic heterocycles. The summed E-state index contributed by atoms with van der Waals surface area (Å²) in [5.41, 5.74) is 0.283. The van der Waals surface area contributed by atoms with E-state index in [1.54, 1.807) is 6.92 Å². The average Bonchev–Trinajstić information content (AvgIpc) is 2.56. The molecule has 0 unspecified atom stereocenters. The number of anilines is 2. The summed E-state index contributed by atoms with van der Waals surface area (Å²) in [7, 11) is -3.28. The van der Waals surface area contributed by atoms with Gasteiger partial charge in [-0.15, -0.1) is 0 Å². The molecule has 0 aliphatic rings. The van der Waals surface area contributed by atoms with Gasteiger partial charge in [-0.2, -0.15) is 0 Å². The van der Waals surface area contributed by atoms with Crippen molar-refractivity contribution in [2.75, 3.05) is 22.9 Å². The number of halogens is 2. The van der Waals surface area contributed by atoms with Crippen LogP contribution in [0.2, 0.25) is 0 Å². The molecule has 2 rings (SSSR count). The zero-order valence-electron chi connectivity index (χ0n) is 12.8. The molecule has 0 aliphatic heterocycles. The fraction of sp³-hybridized carbons (Fsp3) is 0.188. The van der Waals surface area contributed by atoms with Gasteiger partial charge in [0.2, 0.25) is 5.91 Å². The fourth-order valence-corrected chi connectivity index (χ4v) is 2.80. The van der Waals surface area contributed by atoms with Gasteiger partial charge in [-0.1, -0.05) is 6.92 Å². The lowest BCUT2D eigenvalue weighted by Crippen LogP contribution is -2.22. The van der Waals surface area contributed by atoms with E-state index in [9.17, 15) is 22.0 Å². The lowest BCUT2D eigenvalue weighted by molar-refractivity contribution is -0.114. The SMILES string of the molecule is CCS(=O)(=O)c1ccc(NCC(=O)Nc2cc(F)ccc2F)cc1. The zero-order valence-corrected chi connectivity index (χ0v) is 13.7. The van der Waals surface area contributed by atoms with Crippen molar-refractivity contribution in [3.05, 3.63) is 54.1 Å². The van der Waals surface area contributed by atoms with Crippen molar-refractivity contribution in [3.8, 4) is 0 Å². The molecule has 1 amide bonds. The molecule has 2 aromatic rings. The third-order valence-electron chi connectivity index (χ3n) is 3.25. The van der Waals surface area contributed by atoms with Crippen LogP contribution >= 0.6 is 0 Å². The Kier molecular flexibility index (Phi) is 5.50. The second-order valence-corrected chi connectivity index (χ2v) is 7.23. The lowest BCUT2D eigenvalue weighted by atomic mass is 10.3. The van der Waals surface area contributed by atoms with Gasteiger partial charge in [-0.3, -0.25) is 4.79 Å². The van der Waals surface area contributed by atoms with E-state index >= 15 is 0 Å². The summed E-state index contributed by atoms with van der Waals surface area (Å²) in [6, 6.07) is 8.69. The molecule has 5 nitrogen and oxygen atoms in total. The van der Waals surface area contributed by atoms with E-state index in [1.165, 1.54) is 24.3 Å². The molecule has 0 aliphatic carbocycles. The molecule has 2 N–H and O–H groups in total. The van der Waals surface area contributed by atoms with Crippen LogP contribution in [0.4, 0.5) is 20.2 Å². The van der Waals surface area contributed by atoms with Gasteiger partial charge in [0.25, 0.3) is 0 Å². The summed E-state index contributed by atoms with van der Waals surface area (Å²) in [5, 5.41) is 5.03. The Morgan fingerprint density at radius 3 is 2.38 bits per heavy atom. The molecule has 0 fully saturated rings. The monoisotopic (exact) mass is 354 g/mol. The van der Waals surface area contributed by atoms with E-state index in [0.717, 1.165) is 18.2 Å². The molecule has 24 heavy (non-hydrogen) atoms. The molecule has 128 valence electrons. The Balaban J connectivity index is 1.96. The number of nitrogens with one attached hydrogen (secondary N) is 2. The van der Waals surface area contributed by atoms with Crippen molar-refractivity contribution in [1.29, 1.82) is 0 Å². The van der Waals surface area contributed by atoms with Gasteiger partial charge in [0, 0.05) is 11.8 Å². The van der Waals surface area contributed by atoms with Crippen LogP contribution in [0.1, 0.15) is 6.92 Å². The highest BCUT2D eigenvalue weighted by Crippen LogP contribution is 2.16. The minimum absolute atomic E-state index is 0.00137. The largest absolute Gasteiger partial charge is 0.376 e. The second-order valence-electron chi connectivity index (χ2n) is 4.95. The topological polar surface area (TPSA) is 75.3 Å². The molecule has 0 atom stereocenters. The van der Waals surface area contributed by atoms with E-state index in [-0.39, 0.29) is 22.9 Å². The zero-order chi connectivity index (χ0) is 17.7. The Morgan fingerprint density at radius 1 is 1.08 bits per heavy atom. The third-order valence-corrected chi connectivity index (χ3v) is 5.00. The average molecular weight is 354 g/mol. The quantitative estimate of drug-likeness (QED) is 0.836. The van der Waals surface area contributed by atoms with Crippen LogP contribution in [-0.2, 0) is 14.6 Å². The number of carbonyl (C=O) groups excluding carboxylic acids is 1. The molecule has 0 radical (unpaired) electrons. The van der Waals surface area contributed by atoms with Crippen LogP contribution in [0.15, 0.2) is 47.4 Å². The summed E-state index contributed by atoms with van der Waals surface area (Å²) in [4.78, 5) is 12.0. The van der Waals surface area contributed by atoms with Crippen molar-refractivity contribution in [2.45, 2.75) is 11.8 Å². The van der Waals surface area contributed by atoms with Gasteiger partial charge in [0.05, 0.1) is 22.9 Å². The molecular weight excluding hydrogens is 338 g/mol. The van der Waals surface area contributed by atoms with E-state index in [2.05, 4.69) is 10.6 Å². The van der Waals surface area contributed by atoms with Gasteiger partial charge in [0.15, 0.2) is 9.84 Å². The van der Waals surface area contributed by atoms with Gasteiger partial charge < -0.3 is 10.6 Å². The smallest absolute Gasteiger partial charge is 0.243 e. The molecule has 0 heterocycles. The highest BCUT2D eigenvalue weighted by molar-refractivity contribution is 7.91. The van der Waals surface area contributed by atoms with Gasteiger partial charge >= 0.3 is 0 Å². The third kappa shape index (κ3) is 4.51. The van der Waals surface area contributed by atoms with Crippen molar-refractivity contribution in [1.82, 2.24) is 0 Å². The van der Waals surface area contributed by atoms with Crippen molar-refractivity contribution in [3.63, 3.8) is 0 Å². The van der Waals surface area contributed by atoms with Crippen LogP contribution in [-0.4, -0.2) is 26.6 Å². The lowest BCUT2D eigenvalue weighted by Gasteiger charge is -2.09. The fourth-order valence-electron chi connectivity index (χ4n) is 1.92. The predicted octanol–water partition coefficient (Wildman–Crippen LogP) is 2.81. The number of hydrogen-bond acceptors (Lipinski definition) is 4. The number of sulfone groups is 1. The first-order chi connectivity index (χ1) is 11.3. The molecule has 0 saturated carbocycles. The first-order valence-corrected chi connectivity index (χ1v) is 8.78. The molecule has 0 bridgehead atoms. The maximum Gasteiger partial charge on any atom is 0.243 e. The molecule has 8 heteroatoms. The van der Waals surface area contributed by atoms with Crippen molar-refractivity contribution >= 4 is 27.1 Å². The van der Waals surface area contributed by atoms with Crippen LogP contribution in [0.25, 0.3) is 0 Å². The van der Waals surface area contributed by atoms with E-state index < -0.39 is 27.4 Å². The number of amides is 1. The Labute approximate surface area is 138 Å². The standard InChI is InChI=1S/C16H16F2N2O3S/c1-2-24(22,23)13-6-4-12(5-7-13)19-10-16(21)20-15-9-11(17)3-8-14(15)18/h3-9,19H,2,10H2,1H3,(H,20,21). The highest BCUT2D eigenvalue weighted by Gasteiger charge is 2.11. The van der Waals surface area contributed by atoms with Crippen LogP contribution in [0.5, 0.6) is 0 Å². The first kappa shape index (κ1) is 17.9. The van der Waals surface area contributed by atoms with Crippen molar-refractivity contribution < 1.29 is 22.0 Å². The summed E-state index contributed by atoms with van der Waals surface area (Å²) in [6.07, 6.45) is 0. The number of benzene rings is 2. The summed E-state index contributed by atoms with van der Waals surface area (Å²) in [6.45, 7) is 1.37. The maximum atomic E-state index is 13.4. The molecule has 0 spiro atoms. The minimum Gasteiger partial charge on any atom is -0.376 e. The second kappa shape index (κ2) is 7.39. The number of hydrogen-bond donors (Lipinski definition) is 2. The maximum absolute atomic E-state index is 13.4. The normalized spacial score (nSPS) is 11.1. The summed E-state index contributed by atoms with van der Waals surface area (Å²) >= 11 is 0.